The van der Waals surface area contributed by atoms with Crippen LogP contribution in [0.3, 0.4) is 0 Å². The Balaban J connectivity index is 2.28. The monoisotopic (exact) mass is 276 g/mol. The van der Waals surface area contributed by atoms with Gasteiger partial charge >= 0.3 is 0 Å². The quantitative estimate of drug-likeness (QED) is 0.783. The molecule has 7 nitrogen and oxygen atoms in total. The molecule has 0 spiro atoms. The van der Waals surface area contributed by atoms with Gasteiger partial charge in [-0.15, -0.1) is 0 Å². The second kappa shape index (κ2) is 5.12. The van der Waals surface area contributed by atoms with Gasteiger partial charge in [0.05, 0.1) is 24.1 Å². The molecule has 0 aliphatic heterocycles. The van der Waals surface area contributed by atoms with Gasteiger partial charge in [0.1, 0.15) is 11.5 Å². The number of anilines is 2. The molecule has 106 valence electrons. The maximum absolute atomic E-state index is 12.1. The van der Waals surface area contributed by atoms with Crippen LogP contribution >= 0.6 is 0 Å². The number of rotatable bonds is 3. The van der Waals surface area contributed by atoms with Crippen molar-refractivity contribution in [1.29, 1.82) is 0 Å². The fourth-order valence-corrected chi connectivity index (χ4v) is 1.83. The number of phenolic OH excluding ortho intramolecular Hbond substituents is 1. The van der Waals surface area contributed by atoms with Crippen LogP contribution in [0.4, 0.5) is 11.5 Å². The SMILES string of the molecule is COc1ccc(C(=O)Nc2c(N)c(C)nn2C)c(O)c1. The number of ether oxygens (including phenoxy) is 1. The van der Waals surface area contributed by atoms with E-state index in [9.17, 15) is 9.90 Å². The number of hydrogen-bond donors (Lipinski definition) is 3. The van der Waals surface area contributed by atoms with Crippen LogP contribution in [0.5, 0.6) is 11.5 Å². The Bertz CT molecular complexity index is 664. The van der Waals surface area contributed by atoms with Crippen molar-refractivity contribution < 1.29 is 14.6 Å². The zero-order chi connectivity index (χ0) is 14.9. The molecule has 1 heterocycles. The van der Waals surface area contributed by atoms with E-state index in [1.807, 2.05) is 0 Å². The van der Waals surface area contributed by atoms with Crippen LogP contribution in [0.15, 0.2) is 18.2 Å². The van der Waals surface area contributed by atoms with E-state index in [4.69, 9.17) is 10.5 Å². The molecule has 2 rings (SSSR count). The minimum atomic E-state index is -0.472. The number of phenols is 1. The molecule has 0 unspecified atom stereocenters. The number of nitrogens with two attached hydrogens (primary N) is 1. The predicted octanol–water partition coefficient (Wildman–Crippen LogP) is 1.28. The molecule has 0 saturated heterocycles. The summed E-state index contributed by atoms with van der Waals surface area (Å²) in [6, 6.07) is 4.43. The van der Waals surface area contributed by atoms with Crippen LogP contribution in [0.2, 0.25) is 0 Å². The third kappa shape index (κ3) is 2.37. The van der Waals surface area contributed by atoms with Crippen molar-refractivity contribution in [3.63, 3.8) is 0 Å². The first kappa shape index (κ1) is 13.7. The lowest BCUT2D eigenvalue weighted by Gasteiger charge is -2.09. The van der Waals surface area contributed by atoms with Gasteiger partial charge < -0.3 is 20.9 Å². The van der Waals surface area contributed by atoms with Crippen LogP contribution in [-0.4, -0.2) is 27.9 Å². The van der Waals surface area contributed by atoms with Crippen molar-refractivity contribution >= 4 is 17.4 Å². The van der Waals surface area contributed by atoms with Crippen LogP contribution in [-0.2, 0) is 7.05 Å². The largest absolute Gasteiger partial charge is 0.507 e. The summed E-state index contributed by atoms with van der Waals surface area (Å²) in [6.07, 6.45) is 0. The van der Waals surface area contributed by atoms with Crippen molar-refractivity contribution in [3.05, 3.63) is 29.5 Å². The average Bonchev–Trinajstić information content (AvgIpc) is 2.65. The molecule has 0 aliphatic rings. The fourth-order valence-electron chi connectivity index (χ4n) is 1.83. The number of nitrogens with zero attached hydrogens (tertiary/aromatic N) is 2. The first-order valence-corrected chi connectivity index (χ1v) is 5.91. The number of aryl methyl sites for hydroxylation is 2. The Morgan fingerprint density at radius 1 is 1.50 bits per heavy atom. The summed E-state index contributed by atoms with van der Waals surface area (Å²) in [6.45, 7) is 1.75. The Morgan fingerprint density at radius 3 is 2.70 bits per heavy atom. The van der Waals surface area contributed by atoms with Gasteiger partial charge in [0, 0.05) is 13.1 Å². The summed E-state index contributed by atoms with van der Waals surface area (Å²) >= 11 is 0. The molecule has 0 atom stereocenters. The predicted molar refractivity (Wildman–Crippen MR) is 75.0 cm³/mol. The highest BCUT2D eigenvalue weighted by atomic mass is 16.5. The van der Waals surface area contributed by atoms with Crippen LogP contribution < -0.4 is 15.8 Å². The van der Waals surface area contributed by atoms with Crippen LogP contribution in [0, 0.1) is 6.92 Å². The van der Waals surface area contributed by atoms with E-state index < -0.39 is 5.91 Å². The third-order valence-corrected chi connectivity index (χ3v) is 2.95. The number of methoxy groups -OCH3 is 1. The molecule has 0 bridgehead atoms. The van der Waals surface area contributed by atoms with E-state index in [1.54, 1.807) is 20.0 Å². The molecule has 20 heavy (non-hydrogen) atoms. The van der Waals surface area contributed by atoms with Gasteiger partial charge in [-0.1, -0.05) is 0 Å². The van der Waals surface area contributed by atoms with Gasteiger partial charge in [-0.3, -0.25) is 9.48 Å². The summed E-state index contributed by atoms with van der Waals surface area (Å²) in [5.74, 6) is 0.219. The highest BCUT2D eigenvalue weighted by Crippen LogP contribution is 2.26. The number of carbonyl (C=O) groups is 1. The molecular formula is C13H16N4O3. The Labute approximate surface area is 116 Å². The minimum Gasteiger partial charge on any atom is -0.507 e. The van der Waals surface area contributed by atoms with Crippen molar-refractivity contribution in [3.8, 4) is 11.5 Å². The number of nitrogen functional groups attached to an aromatic ring is 1. The van der Waals surface area contributed by atoms with E-state index in [1.165, 1.54) is 23.9 Å². The smallest absolute Gasteiger partial charge is 0.260 e. The molecule has 1 aromatic carbocycles. The first-order valence-electron chi connectivity index (χ1n) is 5.91. The van der Waals surface area contributed by atoms with Crippen molar-refractivity contribution in [2.45, 2.75) is 6.92 Å². The number of amides is 1. The second-order valence-corrected chi connectivity index (χ2v) is 4.31. The number of nitrogens with one attached hydrogen (secondary N) is 1. The van der Waals surface area contributed by atoms with E-state index >= 15 is 0 Å². The zero-order valence-electron chi connectivity index (χ0n) is 11.5. The maximum Gasteiger partial charge on any atom is 0.260 e. The molecule has 0 radical (unpaired) electrons. The molecule has 0 fully saturated rings. The highest BCUT2D eigenvalue weighted by Gasteiger charge is 2.17. The lowest BCUT2D eigenvalue weighted by atomic mass is 10.2. The lowest BCUT2D eigenvalue weighted by molar-refractivity contribution is 0.102. The number of aromatic nitrogens is 2. The van der Waals surface area contributed by atoms with Gasteiger partial charge in [0.2, 0.25) is 0 Å². The lowest BCUT2D eigenvalue weighted by Crippen LogP contribution is -2.15. The van der Waals surface area contributed by atoms with Gasteiger partial charge in [0.25, 0.3) is 5.91 Å². The molecule has 0 saturated carbocycles. The van der Waals surface area contributed by atoms with Gasteiger partial charge in [-0.25, -0.2) is 0 Å². The van der Waals surface area contributed by atoms with Crippen molar-refractivity contribution in [2.75, 3.05) is 18.2 Å². The van der Waals surface area contributed by atoms with Gasteiger partial charge in [-0.2, -0.15) is 5.10 Å². The number of benzene rings is 1. The van der Waals surface area contributed by atoms with Crippen LogP contribution in [0.1, 0.15) is 16.1 Å². The second-order valence-electron chi connectivity index (χ2n) is 4.31. The Kier molecular flexibility index (Phi) is 3.51. The highest BCUT2D eigenvalue weighted by molar-refractivity contribution is 6.07. The summed E-state index contributed by atoms with van der Waals surface area (Å²) in [7, 11) is 3.15. The normalized spacial score (nSPS) is 10.3. The van der Waals surface area contributed by atoms with E-state index in [2.05, 4.69) is 10.4 Å². The number of carbonyl (C=O) groups excluding carboxylic acids is 1. The average molecular weight is 276 g/mol. The van der Waals surface area contributed by atoms with E-state index in [-0.39, 0.29) is 11.3 Å². The summed E-state index contributed by atoms with van der Waals surface area (Å²) in [4.78, 5) is 12.1. The summed E-state index contributed by atoms with van der Waals surface area (Å²) in [5.41, 5.74) is 6.99. The Hall–Kier alpha value is -2.70. The Morgan fingerprint density at radius 2 is 2.20 bits per heavy atom. The number of aromatic hydroxyl groups is 1. The van der Waals surface area contributed by atoms with Crippen LogP contribution in [0.25, 0.3) is 0 Å². The molecule has 0 aliphatic carbocycles. The van der Waals surface area contributed by atoms with Gasteiger partial charge in [-0.05, 0) is 19.1 Å². The minimum absolute atomic E-state index is 0.129. The molecule has 4 N–H and O–H groups in total. The molecule has 1 aromatic heterocycles. The van der Waals surface area contributed by atoms with E-state index in [0.717, 1.165) is 0 Å². The molecule has 7 heteroatoms. The third-order valence-electron chi connectivity index (χ3n) is 2.95. The summed E-state index contributed by atoms with van der Waals surface area (Å²) in [5, 5.41) is 16.6. The molecule has 1 amide bonds. The van der Waals surface area contributed by atoms with Crippen molar-refractivity contribution in [1.82, 2.24) is 9.78 Å². The standard InChI is InChI=1S/C13H16N4O3/c1-7-11(14)12(17(2)16-7)15-13(19)9-5-4-8(20-3)6-10(9)18/h4-6,18H,14H2,1-3H3,(H,15,19). The topological polar surface area (TPSA) is 102 Å². The number of hydrogen-bond acceptors (Lipinski definition) is 5. The molecular weight excluding hydrogens is 260 g/mol. The first-order chi connectivity index (χ1) is 9.43. The fraction of sp³-hybridized carbons (Fsp3) is 0.231. The summed E-state index contributed by atoms with van der Waals surface area (Å²) < 4.78 is 6.44. The van der Waals surface area contributed by atoms with Gasteiger partial charge in [0.15, 0.2) is 5.82 Å². The maximum atomic E-state index is 12.1. The zero-order valence-corrected chi connectivity index (χ0v) is 11.5. The molecule has 2 aromatic rings. The van der Waals surface area contributed by atoms with Crippen molar-refractivity contribution in [2.24, 2.45) is 7.05 Å². The van der Waals surface area contributed by atoms with E-state index in [0.29, 0.717) is 22.9 Å².